The number of carbonyl (C=O) groups excluding carboxylic acids is 1. The van der Waals surface area contributed by atoms with Crippen molar-refractivity contribution in [3.05, 3.63) is 18.0 Å². The summed E-state index contributed by atoms with van der Waals surface area (Å²) in [5, 5.41) is 16.4. The molecule has 1 saturated heterocycles. The molecule has 118 valence electrons. The summed E-state index contributed by atoms with van der Waals surface area (Å²) < 4.78 is 1.93. The zero-order valence-corrected chi connectivity index (χ0v) is 12.5. The SMILES string of the molecule is Cc1cnn(C2CCN(C(=O)N[C@@H]3C[C@]4(C(=O)O)C[C@H]34)C2)c1. The highest BCUT2D eigenvalue weighted by Crippen LogP contribution is 2.67. The first-order valence-electron chi connectivity index (χ1n) is 7.79. The lowest BCUT2D eigenvalue weighted by Gasteiger charge is -2.33. The van der Waals surface area contributed by atoms with E-state index in [4.69, 9.17) is 5.11 Å². The topological polar surface area (TPSA) is 87.5 Å². The minimum absolute atomic E-state index is 0.0367. The number of amides is 2. The van der Waals surface area contributed by atoms with Crippen molar-refractivity contribution in [1.82, 2.24) is 20.0 Å². The van der Waals surface area contributed by atoms with Crippen molar-refractivity contribution in [2.45, 2.75) is 38.3 Å². The van der Waals surface area contributed by atoms with Gasteiger partial charge in [0.1, 0.15) is 0 Å². The zero-order chi connectivity index (χ0) is 15.5. The molecule has 4 rings (SSSR count). The summed E-state index contributed by atoms with van der Waals surface area (Å²) >= 11 is 0. The monoisotopic (exact) mass is 304 g/mol. The molecule has 1 aliphatic heterocycles. The van der Waals surface area contributed by atoms with E-state index in [2.05, 4.69) is 10.4 Å². The second-order valence-corrected chi connectivity index (χ2v) is 6.92. The number of aromatic nitrogens is 2. The molecule has 0 bridgehead atoms. The Bertz CT molecular complexity index is 642. The molecule has 0 spiro atoms. The van der Waals surface area contributed by atoms with Crippen LogP contribution in [-0.4, -0.2) is 50.9 Å². The number of hydrogen-bond donors (Lipinski definition) is 2. The number of aliphatic carboxylic acids is 1. The standard InChI is InChI=1S/C15H20N4O3/c1-9-6-16-19(7-9)10-2-3-18(8-10)14(22)17-12-5-15(13(20)21)4-11(12)15/h6-7,10-12H,2-5,8H2,1H3,(H,17,22)(H,20,21)/t10?,11-,12-,15-/m1/s1. The van der Waals surface area contributed by atoms with E-state index in [-0.39, 0.29) is 24.0 Å². The molecule has 2 heterocycles. The van der Waals surface area contributed by atoms with Crippen molar-refractivity contribution in [1.29, 1.82) is 0 Å². The van der Waals surface area contributed by atoms with Crippen LogP contribution in [0.25, 0.3) is 0 Å². The molecule has 1 unspecified atom stereocenters. The summed E-state index contributed by atoms with van der Waals surface area (Å²) in [6.45, 7) is 3.38. The Hall–Kier alpha value is -2.05. The fourth-order valence-corrected chi connectivity index (χ4v) is 3.98. The summed E-state index contributed by atoms with van der Waals surface area (Å²) in [6.07, 6.45) is 6.03. The van der Waals surface area contributed by atoms with Gasteiger partial charge in [0.25, 0.3) is 0 Å². The van der Waals surface area contributed by atoms with E-state index in [1.165, 1.54) is 0 Å². The first-order valence-corrected chi connectivity index (χ1v) is 7.79. The molecule has 7 heteroatoms. The van der Waals surface area contributed by atoms with Gasteiger partial charge in [0.2, 0.25) is 0 Å². The highest BCUT2D eigenvalue weighted by molar-refractivity contribution is 5.82. The Morgan fingerprint density at radius 1 is 1.45 bits per heavy atom. The molecule has 2 N–H and O–H groups in total. The lowest BCUT2D eigenvalue weighted by atomic mass is 9.80. The minimum Gasteiger partial charge on any atom is -0.481 e. The van der Waals surface area contributed by atoms with Crippen LogP contribution in [0.3, 0.4) is 0 Å². The third-order valence-corrected chi connectivity index (χ3v) is 5.49. The number of aryl methyl sites for hydroxylation is 1. The summed E-state index contributed by atoms with van der Waals surface area (Å²) in [5.41, 5.74) is 0.606. The van der Waals surface area contributed by atoms with Gasteiger partial charge in [0.15, 0.2) is 0 Å². The number of nitrogens with one attached hydrogen (secondary N) is 1. The van der Waals surface area contributed by atoms with E-state index in [0.29, 0.717) is 19.4 Å². The van der Waals surface area contributed by atoms with Gasteiger partial charge in [-0.05, 0) is 37.7 Å². The average Bonchev–Trinajstić information content (AvgIpc) is 2.87. The van der Waals surface area contributed by atoms with E-state index < -0.39 is 11.4 Å². The highest BCUT2D eigenvalue weighted by atomic mass is 16.4. The first kappa shape index (κ1) is 13.6. The molecule has 4 atom stereocenters. The minimum atomic E-state index is -0.710. The molecular weight excluding hydrogens is 284 g/mol. The van der Waals surface area contributed by atoms with Crippen molar-refractivity contribution in [2.75, 3.05) is 13.1 Å². The maximum atomic E-state index is 12.3. The van der Waals surface area contributed by atoms with Crippen LogP contribution in [0.4, 0.5) is 4.79 Å². The van der Waals surface area contributed by atoms with Crippen LogP contribution >= 0.6 is 0 Å². The normalized spacial score (nSPS) is 35.7. The van der Waals surface area contributed by atoms with Crippen molar-refractivity contribution >= 4 is 12.0 Å². The Balaban J connectivity index is 1.31. The number of urea groups is 1. The first-order chi connectivity index (χ1) is 10.5. The van der Waals surface area contributed by atoms with Crippen LogP contribution in [0.1, 0.15) is 30.9 Å². The van der Waals surface area contributed by atoms with Crippen molar-refractivity contribution in [3.8, 4) is 0 Å². The second kappa shape index (κ2) is 4.47. The molecule has 2 amide bonds. The van der Waals surface area contributed by atoms with Gasteiger partial charge in [-0.3, -0.25) is 9.48 Å². The summed E-state index contributed by atoms with van der Waals surface area (Å²) in [6, 6.07) is 0.205. The van der Waals surface area contributed by atoms with Gasteiger partial charge in [-0.1, -0.05) is 0 Å². The quantitative estimate of drug-likeness (QED) is 0.872. The lowest BCUT2D eigenvalue weighted by Crippen LogP contribution is -2.52. The fraction of sp³-hybridized carbons (Fsp3) is 0.667. The van der Waals surface area contributed by atoms with Crippen molar-refractivity contribution in [3.63, 3.8) is 0 Å². The Morgan fingerprint density at radius 3 is 2.86 bits per heavy atom. The van der Waals surface area contributed by atoms with Crippen LogP contribution < -0.4 is 5.32 Å². The molecule has 1 aromatic heterocycles. The number of fused-ring (bicyclic) bond motifs is 1. The largest absolute Gasteiger partial charge is 0.481 e. The third kappa shape index (κ3) is 1.91. The number of rotatable bonds is 3. The molecule has 2 aliphatic carbocycles. The van der Waals surface area contributed by atoms with Gasteiger partial charge in [0.05, 0.1) is 17.7 Å². The van der Waals surface area contributed by atoms with E-state index in [1.807, 2.05) is 28.9 Å². The van der Waals surface area contributed by atoms with Gasteiger partial charge in [-0.25, -0.2) is 4.79 Å². The van der Waals surface area contributed by atoms with E-state index in [0.717, 1.165) is 18.5 Å². The van der Waals surface area contributed by atoms with Crippen LogP contribution in [-0.2, 0) is 4.79 Å². The van der Waals surface area contributed by atoms with Gasteiger partial charge in [0, 0.05) is 25.3 Å². The van der Waals surface area contributed by atoms with Gasteiger partial charge < -0.3 is 15.3 Å². The fourth-order valence-electron chi connectivity index (χ4n) is 3.98. The van der Waals surface area contributed by atoms with Gasteiger partial charge in [-0.15, -0.1) is 0 Å². The smallest absolute Gasteiger partial charge is 0.317 e. The molecule has 22 heavy (non-hydrogen) atoms. The molecule has 0 radical (unpaired) electrons. The number of carboxylic acid groups (broad SMARTS) is 1. The van der Waals surface area contributed by atoms with E-state index >= 15 is 0 Å². The summed E-state index contributed by atoms with van der Waals surface area (Å²) in [5.74, 6) is -0.570. The predicted octanol–water partition coefficient (Wildman–Crippen LogP) is 1.01. The molecule has 0 aromatic carbocycles. The van der Waals surface area contributed by atoms with Crippen molar-refractivity contribution in [2.24, 2.45) is 11.3 Å². The Labute approximate surface area is 128 Å². The van der Waals surface area contributed by atoms with Crippen LogP contribution in [0.15, 0.2) is 12.4 Å². The molecule has 3 fully saturated rings. The van der Waals surface area contributed by atoms with Gasteiger partial charge in [-0.2, -0.15) is 5.10 Å². The summed E-state index contributed by atoms with van der Waals surface area (Å²) in [4.78, 5) is 25.2. The van der Waals surface area contributed by atoms with Crippen LogP contribution in [0.2, 0.25) is 0 Å². The van der Waals surface area contributed by atoms with Crippen molar-refractivity contribution < 1.29 is 14.7 Å². The number of carbonyl (C=O) groups is 2. The van der Waals surface area contributed by atoms with Gasteiger partial charge >= 0.3 is 12.0 Å². The Morgan fingerprint density at radius 2 is 2.27 bits per heavy atom. The third-order valence-electron chi connectivity index (χ3n) is 5.49. The Kier molecular flexibility index (Phi) is 2.76. The summed E-state index contributed by atoms with van der Waals surface area (Å²) in [7, 11) is 0. The molecule has 2 saturated carbocycles. The predicted molar refractivity (Wildman–Crippen MR) is 77.3 cm³/mol. The number of carboxylic acids is 1. The van der Waals surface area contributed by atoms with Crippen LogP contribution in [0, 0.1) is 18.3 Å². The second-order valence-electron chi connectivity index (χ2n) is 6.92. The van der Waals surface area contributed by atoms with E-state index in [1.54, 1.807) is 0 Å². The zero-order valence-electron chi connectivity index (χ0n) is 12.5. The van der Waals surface area contributed by atoms with Crippen LogP contribution in [0.5, 0.6) is 0 Å². The maximum absolute atomic E-state index is 12.3. The molecular formula is C15H20N4O3. The highest BCUT2D eigenvalue weighted by Gasteiger charge is 2.72. The molecule has 1 aromatic rings. The number of hydrogen-bond acceptors (Lipinski definition) is 3. The van der Waals surface area contributed by atoms with E-state index in [9.17, 15) is 9.59 Å². The average molecular weight is 304 g/mol. The molecule has 7 nitrogen and oxygen atoms in total. The number of likely N-dealkylation sites (tertiary alicyclic amines) is 1. The number of nitrogens with zero attached hydrogens (tertiary/aromatic N) is 3. The maximum Gasteiger partial charge on any atom is 0.317 e. The lowest BCUT2D eigenvalue weighted by molar-refractivity contribution is -0.147. The molecule has 3 aliphatic rings.